The number of fused-ring (bicyclic) bond motifs is 2. The molecule has 0 saturated carbocycles. The van der Waals surface area contributed by atoms with Gasteiger partial charge in [-0.3, -0.25) is 4.79 Å². The lowest BCUT2D eigenvalue weighted by molar-refractivity contribution is 0.0996. The van der Waals surface area contributed by atoms with Gasteiger partial charge in [0.05, 0.1) is 6.54 Å². The van der Waals surface area contributed by atoms with E-state index in [9.17, 15) is 4.79 Å². The molecule has 0 aliphatic carbocycles. The summed E-state index contributed by atoms with van der Waals surface area (Å²) in [5.74, 6) is 0.128. The topological polar surface area (TPSA) is 23.6 Å². The number of hydrogen-bond acceptors (Lipinski definition) is 2. The summed E-state index contributed by atoms with van der Waals surface area (Å²) in [4.78, 5) is 16.9. The minimum atomic E-state index is 0.128. The van der Waals surface area contributed by atoms with Crippen LogP contribution in [0.3, 0.4) is 0 Å². The van der Waals surface area contributed by atoms with E-state index in [0.717, 1.165) is 35.3 Å². The second kappa shape index (κ2) is 4.87. The average Bonchev–Trinajstić information content (AvgIpc) is 2.84. The van der Waals surface area contributed by atoms with Crippen LogP contribution in [0.15, 0.2) is 36.4 Å². The van der Waals surface area contributed by atoms with Gasteiger partial charge < -0.3 is 9.80 Å². The molecule has 4 rings (SSSR count). The van der Waals surface area contributed by atoms with Crippen molar-refractivity contribution in [3.63, 3.8) is 0 Å². The highest BCUT2D eigenvalue weighted by Crippen LogP contribution is 2.34. The molecule has 0 radical (unpaired) electrons. The molecule has 0 bridgehead atoms. The van der Waals surface area contributed by atoms with Gasteiger partial charge in [0.15, 0.2) is 0 Å². The van der Waals surface area contributed by atoms with Gasteiger partial charge in [0.1, 0.15) is 0 Å². The van der Waals surface area contributed by atoms with Crippen LogP contribution < -0.4 is 9.80 Å². The van der Waals surface area contributed by atoms with Gasteiger partial charge in [-0.25, -0.2) is 0 Å². The summed E-state index contributed by atoms with van der Waals surface area (Å²) in [5.41, 5.74) is 6.80. The van der Waals surface area contributed by atoms with Crippen LogP contribution in [0.4, 0.5) is 11.4 Å². The zero-order valence-electron chi connectivity index (χ0n) is 13.1. The first-order valence-corrected chi connectivity index (χ1v) is 7.89. The second-order valence-corrected chi connectivity index (χ2v) is 6.39. The van der Waals surface area contributed by atoms with E-state index in [-0.39, 0.29) is 5.91 Å². The van der Waals surface area contributed by atoms with Gasteiger partial charge in [0.25, 0.3) is 5.91 Å². The molecule has 1 amide bonds. The van der Waals surface area contributed by atoms with Gasteiger partial charge in [-0.15, -0.1) is 0 Å². The minimum absolute atomic E-state index is 0.128. The van der Waals surface area contributed by atoms with Crippen LogP contribution in [0.2, 0.25) is 0 Å². The molecule has 112 valence electrons. The van der Waals surface area contributed by atoms with Crippen molar-refractivity contribution < 1.29 is 4.79 Å². The minimum Gasteiger partial charge on any atom is -0.374 e. The van der Waals surface area contributed by atoms with Gasteiger partial charge in [0.2, 0.25) is 0 Å². The quantitative estimate of drug-likeness (QED) is 0.802. The Balaban J connectivity index is 1.71. The van der Waals surface area contributed by atoms with E-state index < -0.39 is 0 Å². The maximum Gasteiger partial charge on any atom is 0.258 e. The summed E-state index contributed by atoms with van der Waals surface area (Å²) in [7, 11) is 2.14. The fourth-order valence-corrected chi connectivity index (χ4v) is 3.56. The molecule has 0 fully saturated rings. The highest BCUT2D eigenvalue weighted by Gasteiger charge is 2.29. The zero-order valence-corrected chi connectivity index (χ0v) is 13.1. The molecule has 2 aliphatic heterocycles. The third-order valence-electron chi connectivity index (χ3n) is 4.80. The highest BCUT2D eigenvalue weighted by atomic mass is 16.2. The van der Waals surface area contributed by atoms with Crippen LogP contribution in [-0.4, -0.2) is 19.5 Å². The molecule has 22 heavy (non-hydrogen) atoms. The molecule has 2 heterocycles. The zero-order chi connectivity index (χ0) is 15.3. The lowest BCUT2D eigenvalue weighted by atomic mass is 10.0. The number of carbonyl (C=O) groups is 1. The highest BCUT2D eigenvalue weighted by molar-refractivity contribution is 6.10. The monoisotopic (exact) mass is 292 g/mol. The molecule has 3 heteroatoms. The molecular formula is C19H20N2O. The lowest BCUT2D eigenvalue weighted by Gasteiger charge is -2.29. The van der Waals surface area contributed by atoms with E-state index in [1.165, 1.54) is 17.7 Å². The third-order valence-corrected chi connectivity index (χ3v) is 4.80. The molecule has 0 spiro atoms. The van der Waals surface area contributed by atoms with Gasteiger partial charge in [-0.05, 0) is 55.2 Å². The van der Waals surface area contributed by atoms with Crippen LogP contribution in [0.5, 0.6) is 0 Å². The van der Waals surface area contributed by atoms with Crippen molar-refractivity contribution in [2.45, 2.75) is 26.3 Å². The van der Waals surface area contributed by atoms with Crippen molar-refractivity contribution >= 4 is 17.3 Å². The summed E-state index contributed by atoms with van der Waals surface area (Å²) in [6.45, 7) is 3.83. The van der Waals surface area contributed by atoms with E-state index in [4.69, 9.17) is 0 Å². The third kappa shape index (κ3) is 2.00. The normalized spacial score (nSPS) is 16.7. The standard InChI is InChI=1S/C19H20N2O/c1-13-5-6-15-12-21(19(22)17(15)10-13)16-7-8-18-14(11-16)4-3-9-20(18)2/h5-8,10-11H,3-4,9,12H2,1-2H3. The Labute approximate surface area is 131 Å². The molecule has 0 aromatic heterocycles. The molecular weight excluding hydrogens is 272 g/mol. The molecule has 0 unspecified atom stereocenters. The number of anilines is 2. The van der Waals surface area contributed by atoms with Crippen molar-refractivity contribution in [2.24, 2.45) is 0 Å². The number of carbonyl (C=O) groups excluding carboxylic acids is 1. The number of amides is 1. The van der Waals surface area contributed by atoms with E-state index in [1.54, 1.807) is 0 Å². The van der Waals surface area contributed by atoms with Crippen molar-refractivity contribution in [1.82, 2.24) is 0 Å². The fraction of sp³-hybridized carbons (Fsp3) is 0.316. The summed E-state index contributed by atoms with van der Waals surface area (Å²) in [6.07, 6.45) is 2.28. The largest absolute Gasteiger partial charge is 0.374 e. The Morgan fingerprint density at radius 1 is 1.05 bits per heavy atom. The summed E-state index contributed by atoms with van der Waals surface area (Å²) >= 11 is 0. The van der Waals surface area contributed by atoms with Crippen molar-refractivity contribution in [3.8, 4) is 0 Å². The van der Waals surface area contributed by atoms with Gasteiger partial charge in [-0.1, -0.05) is 17.7 Å². The summed E-state index contributed by atoms with van der Waals surface area (Å²) in [5, 5.41) is 0. The number of aryl methyl sites for hydroxylation is 2. The first-order chi connectivity index (χ1) is 10.6. The lowest BCUT2D eigenvalue weighted by Crippen LogP contribution is -2.26. The number of hydrogen-bond donors (Lipinski definition) is 0. The fourth-order valence-electron chi connectivity index (χ4n) is 3.56. The second-order valence-electron chi connectivity index (χ2n) is 6.39. The van der Waals surface area contributed by atoms with Crippen LogP contribution in [-0.2, 0) is 13.0 Å². The number of rotatable bonds is 1. The Morgan fingerprint density at radius 3 is 2.77 bits per heavy atom. The van der Waals surface area contributed by atoms with Crippen LogP contribution in [0, 0.1) is 6.92 Å². The van der Waals surface area contributed by atoms with E-state index in [1.807, 2.05) is 17.9 Å². The Morgan fingerprint density at radius 2 is 1.91 bits per heavy atom. The van der Waals surface area contributed by atoms with Gasteiger partial charge in [0, 0.05) is 30.5 Å². The van der Waals surface area contributed by atoms with E-state index >= 15 is 0 Å². The Hall–Kier alpha value is -2.29. The van der Waals surface area contributed by atoms with E-state index in [2.05, 4.69) is 42.3 Å². The van der Waals surface area contributed by atoms with Crippen LogP contribution in [0.25, 0.3) is 0 Å². The maximum atomic E-state index is 12.7. The molecule has 0 atom stereocenters. The molecule has 0 saturated heterocycles. The predicted molar refractivity (Wildman–Crippen MR) is 89.7 cm³/mol. The van der Waals surface area contributed by atoms with Crippen molar-refractivity contribution in [3.05, 3.63) is 58.7 Å². The van der Waals surface area contributed by atoms with Gasteiger partial charge >= 0.3 is 0 Å². The molecule has 2 aliphatic rings. The van der Waals surface area contributed by atoms with Gasteiger partial charge in [-0.2, -0.15) is 0 Å². The predicted octanol–water partition coefficient (Wildman–Crippen LogP) is 3.54. The first kappa shape index (κ1) is 13.4. The average molecular weight is 292 g/mol. The maximum absolute atomic E-state index is 12.7. The Bertz CT molecular complexity index is 766. The molecule has 2 aromatic rings. The SMILES string of the molecule is Cc1ccc2c(c1)C(=O)N(c1ccc3c(c1)CCCN3C)C2. The number of nitrogens with zero attached hydrogens (tertiary/aromatic N) is 2. The molecule has 3 nitrogen and oxygen atoms in total. The van der Waals surface area contributed by atoms with Crippen molar-refractivity contribution in [1.29, 1.82) is 0 Å². The Kier molecular flexibility index (Phi) is 2.96. The number of benzene rings is 2. The van der Waals surface area contributed by atoms with E-state index in [0.29, 0.717) is 6.54 Å². The molecule has 0 N–H and O–H groups in total. The summed E-state index contributed by atoms with van der Waals surface area (Å²) in [6, 6.07) is 12.6. The smallest absolute Gasteiger partial charge is 0.258 e. The van der Waals surface area contributed by atoms with Crippen LogP contribution >= 0.6 is 0 Å². The molecule has 2 aromatic carbocycles. The van der Waals surface area contributed by atoms with Crippen LogP contribution in [0.1, 0.15) is 33.5 Å². The van der Waals surface area contributed by atoms with Crippen molar-refractivity contribution in [2.75, 3.05) is 23.4 Å². The summed E-state index contributed by atoms with van der Waals surface area (Å²) < 4.78 is 0. The first-order valence-electron chi connectivity index (χ1n) is 7.89.